The Balaban J connectivity index is 1.94. The first-order valence-electron chi connectivity index (χ1n) is 8.69. The van der Waals surface area contributed by atoms with Crippen LogP contribution in [0.1, 0.15) is 39.5 Å². The third kappa shape index (κ3) is 5.85. The zero-order chi connectivity index (χ0) is 16.3. The molecule has 0 radical (unpaired) electrons. The number of fused-ring (bicyclic) bond motifs is 1. The molecule has 0 spiro atoms. The Morgan fingerprint density at radius 1 is 0.826 bits per heavy atom. The van der Waals surface area contributed by atoms with Crippen molar-refractivity contribution >= 4 is 10.8 Å². The van der Waals surface area contributed by atoms with Crippen molar-refractivity contribution in [3.8, 4) is 5.75 Å². The van der Waals surface area contributed by atoms with Crippen LogP contribution in [-0.2, 0) is 9.47 Å². The minimum atomic E-state index is -0.299. The molecular formula is C20H28O3. The Labute approximate surface area is 139 Å². The second-order valence-electron chi connectivity index (χ2n) is 5.67. The molecule has 0 heterocycles. The summed E-state index contributed by atoms with van der Waals surface area (Å²) in [7, 11) is 0. The summed E-state index contributed by atoms with van der Waals surface area (Å²) in [6.45, 7) is 6.16. The Bertz CT molecular complexity index is 552. The van der Waals surface area contributed by atoms with Gasteiger partial charge in [0.1, 0.15) is 12.4 Å². The van der Waals surface area contributed by atoms with Gasteiger partial charge in [-0.15, -0.1) is 0 Å². The smallest absolute Gasteiger partial charge is 0.191 e. The SMILES string of the molecule is CCCCOC(COc1cccc2ccccc12)OCCCC. The van der Waals surface area contributed by atoms with Crippen molar-refractivity contribution < 1.29 is 14.2 Å². The van der Waals surface area contributed by atoms with E-state index in [1.165, 1.54) is 5.39 Å². The van der Waals surface area contributed by atoms with E-state index in [1.54, 1.807) is 0 Å². The van der Waals surface area contributed by atoms with Crippen LogP contribution in [0.2, 0.25) is 0 Å². The number of rotatable bonds is 11. The van der Waals surface area contributed by atoms with Crippen molar-refractivity contribution in [1.82, 2.24) is 0 Å². The first-order chi connectivity index (χ1) is 11.3. The molecule has 2 rings (SSSR count). The van der Waals surface area contributed by atoms with Crippen LogP contribution >= 0.6 is 0 Å². The number of ether oxygens (including phenoxy) is 3. The maximum atomic E-state index is 5.99. The maximum absolute atomic E-state index is 5.99. The predicted molar refractivity (Wildman–Crippen MR) is 95.0 cm³/mol. The molecule has 0 aliphatic rings. The van der Waals surface area contributed by atoms with Gasteiger partial charge in [0.25, 0.3) is 0 Å². The number of hydrogen-bond acceptors (Lipinski definition) is 3. The summed E-state index contributed by atoms with van der Waals surface area (Å²) in [4.78, 5) is 0. The monoisotopic (exact) mass is 316 g/mol. The fraction of sp³-hybridized carbons (Fsp3) is 0.500. The lowest BCUT2D eigenvalue weighted by Gasteiger charge is -2.19. The Hall–Kier alpha value is -1.58. The van der Waals surface area contributed by atoms with Gasteiger partial charge in [-0.05, 0) is 24.3 Å². The van der Waals surface area contributed by atoms with Gasteiger partial charge in [-0.2, -0.15) is 0 Å². The van der Waals surface area contributed by atoms with Gasteiger partial charge in [-0.25, -0.2) is 0 Å². The lowest BCUT2D eigenvalue weighted by Crippen LogP contribution is -2.26. The minimum absolute atomic E-state index is 0.299. The highest BCUT2D eigenvalue weighted by molar-refractivity contribution is 5.88. The molecule has 0 saturated carbocycles. The Kier molecular flexibility index (Phi) is 7.91. The first kappa shape index (κ1) is 17.8. The van der Waals surface area contributed by atoms with E-state index < -0.39 is 0 Å². The molecule has 0 aliphatic heterocycles. The lowest BCUT2D eigenvalue weighted by molar-refractivity contribution is -0.159. The fourth-order valence-corrected chi connectivity index (χ4v) is 2.34. The maximum Gasteiger partial charge on any atom is 0.191 e. The summed E-state index contributed by atoms with van der Waals surface area (Å²) < 4.78 is 17.6. The zero-order valence-electron chi connectivity index (χ0n) is 14.3. The molecule has 0 amide bonds. The molecular weight excluding hydrogens is 288 g/mol. The topological polar surface area (TPSA) is 27.7 Å². The predicted octanol–water partition coefficient (Wildman–Crippen LogP) is 5.18. The third-order valence-electron chi connectivity index (χ3n) is 3.73. The highest BCUT2D eigenvalue weighted by atomic mass is 16.7. The number of hydrogen-bond donors (Lipinski definition) is 0. The van der Waals surface area contributed by atoms with Crippen LogP contribution in [0.25, 0.3) is 10.8 Å². The molecule has 0 unspecified atom stereocenters. The summed E-state index contributed by atoms with van der Waals surface area (Å²) >= 11 is 0. The minimum Gasteiger partial charge on any atom is -0.488 e. The van der Waals surface area contributed by atoms with Gasteiger partial charge < -0.3 is 14.2 Å². The second-order valence-corrected chi connectivity index (χ2v) is 5.67. The van der Waals surface area contributed by atoms with Crippen molar-refractivity contribution in [3.63, 3.8) is 0 Å². The van der Waals surface area contributed by atoms with Crippen LogP contribution in [0.15, 0.2) is 42.5 Å². The summed E-state index contributed by atoms with van der Waals surface area (Å²) in [5.41, 5.74) is 0. The third-order valence-corrected chi connectivity index (χ3v) is 3.73. The zero-order valence-corrected chi connectivity index (χ0v) is 14.3. The molecule has 0 aromatic heterocycles. The molecule has 0 aliphatic carbocycles. The van der Waals surface area contributed by atoms with E-state index in [0.717, 1.165) is 36.8 Å². The molecule has 0 saturated heterocycles. The van der Waals surface area contributed by atoms with Crippen LogP contribution in [0.5, 0.6) is 5.75 Å². The van der Waals surface area contributed by atoms with Crippen molar-refractivity contribution in [2.24, 2.45) is 0 Å². The molecule has 3 nitrogen and oxygen atoms in total. The van der Waals surface area contributed by atoms with E-state index in [9.17, 15) is 0 Å². The van der Waals surface area contributed by atoms with Crippen LogP contribution in [0, 0.1) is 0 Å². The van der Waals surface area contributed by atoms with E-state index in [2.05, 4.69) is 32.0 Å². The molecule has 0 fully saturated rings. The Morgan fingerprint density at radius 2 is 1.48 bits per heavy atom. The van der Waals surface area contributed by atoms with Gasteiger partial charge >= 0.3 is 0 Å². The average molecular weight is 316 g/mol. The molecule has 2 aromatic carbocycles. The second kappa shape index (κ2) is 10.2. The highest BCUT2D eigenvalue weighted by Gasteiger charge is 2.11. The molecule has 3 heteroatoms. The van der Waals surface area contributed by atoms with Crippen LogP contribution < -0.4 is 4.74 Å². The van der Waals surface area contributed by atoms with Crippen LogP contribution in [-0.4, -0.2) is 26.1 Å². The van der Waals surface area contributed by atoms with Crippen molar-refractivity contribution in [2.45, 2.75) is 45.8 Å². The largest absolute Gasteiger partial charge is 0.488 e. The van der Waals surface area contributed by atoms with Gasteiger partial charge in [0.05, 0.1) is 0 Å². The van der Waals surface area contributed by atoms with Crippen LogP contribution in [0.3, 0.4) is 0 Å². The normalized spacial score (nSPS) is 11.3. The number of benzene rings is 2. The standard InChI is InChI=1S/C20H28O3/c1-3-5-14-21-20(22-15-6-4-2)16-23-19-13-9-11-17-10-7-8-12-18(17)19/h7-13,20H,3-6,14-16H2,1-2H3. The molecule has 0 N–H and O–H groups in total. The van der Waals surface area contributed by atoms with E-state index >= 15 is 0 Å². The quantitative estimate of drug-likeness (QED) is 0.422. The van der Waals surface area contributed by atoms with Gasteiger partial charge in [-0.3, -0.25) is 0 Å². The summed E-state index contributed by atoms with van der Waals surface area (Å²) in [6, 6.07) is 14.3. The molecule has 23 heavy (non-hydrogen) atoms. The highest BCUT2D eigenvalue weighted by Crippen LogP contribution is 2.25. The molecule has 0 atom stereocenters. The molecule has 126 valence electrons. The Morgan fingerprint density at radius 3 is 2.17 bits per heavy atom. The first-order valence-corrected chi connectivity index (χ1v) is 8.69. The fourth-order valence-electron chi connectivity index (χ4n) is 2.34. The van der Waals surface area contributed by atoms with Crippen molar-refractivity contribution in [2.75, 3.05) is 19.8 Å². The van der Waals surface area contributed by atoms with Crippen molar-refractivity contribution in [1.29, 1.82) is 0 Å². The van der Waals surface area contributed by atoms with Crippen molar-refractivity contribution in [3.05, 3.63) is 42.5 Å². The van der Waals surface area contributed by atoms with E-state index in [4.69, 9.17) is 14.2 Å². The van der Waals surface area contributed by atoms with E-state index in [1.807, 2.05) is 24.3 Å². The lowest BCUT2D eigenvalue weighted by atomic mass is 10.1. The van der Waals surface area contributed by atoms with Crippen LogP contribution in [0.4, 0.5) is 0 Å². The van der Waals surface area contributed by atoms with Gasteiger partial charge in [0.15, 0.2) is 6.29 Å². The summed E-state index contributed by atoms with van der Waals surface area (Å²) in [6.07, 6.45) is 4.02. The number of unbranched alkanes of at least 4 members (excludes halogenated alkanes) is 2. The van der Waals surface area contributed by atoms with Gasteiger partial charge in [0, 0.05) is 18.6 Å². The average Bonchev–Trinajstić information content (AvgIpc) is 2.59. The van der Waals surface area contributed by atoms with Gasteiger partial charge in [-0.1, -0.05) is 63.1 Å². The van der Waals surface area contributed by atoms with E-state index in [-0.39, 0.29) is 6.29 Å². The molecule has 0 bridgehead atoms. The molecule has 2 aromatic rings. The van der Waals surface area contributed by atoms with Gasteiger partial charge in [0.2, 0.25) is 0 Å². The summed E-state index contributed by atoms with van der Waals surface area (Å²) in [5.74, 6) is 0.881. The summed E-state index contributed by atoms with van der Waals surface area (Å²) in [5, 5.41) is 2.30. The van der Waals surface area contributed by atoms with E-state index in [0.29, 0.717) is 19.8 Å².